The molecule has 0 heterocycles. The van der Waals surface area contributed by atoms with Crippen LogP contribution in [0.3, 0.4) is 0 Å². The summed E-state index contributed by atoms with van der Waals surface area (Å²) in [5.74, 6) is -66.8. The van der Waals surface area contributed by atoms with E-state index >= 15 is 0 Å². The van der Waals surface area contributed by atoms with Crippen molar-refractivity contribution < 1.29 is 83.4 Å². The molecule has 19 heteroatoms. The summed E-state index contributed by atoms with van der Waals surface area (Å²) in [6.07, 6.45) is -5.87. The Morgan fingerprint density at radius 1 is 0.433 bits per heavy atom. The molecule has 0 N–H and O–H groups in total. The lowest BCUT2D eigenvalue weighted by Gasteiger charge is -2.42. The van der Waals surface area contributed by atoms with Crippen LogP contribution >= 0.6 is 0 Å². The molecule has 0 aliphatic carbocycles. The lowest BCUT2D eigenvalue weighted by atomic mass is 9.87. The van der Waals surface area contributed by atoms with E-state index in [4.69, 9.17) is 0 Å². The van der Waals surface area contributed by atoms with Crippen LogP contribution in [0.5, 0.6) is 0 Å². The molecule has 0 saturated carbocycles. The standard InChI is InChI=1S/C11F19/c12-2-1-4(15,16)6(19,20)8(23,24)10(27,28)11(29,30)9(25,26)7(21,22)5(17,18)3(13)14. The van der Waals surface area contributed by atoms with E-state index in [9.17, 15) is 83.4 Å². The third-order valence-corrected chi connectivity index (χ3v) is 3.20. The van der Waals surface area contributed by atoms with Gasteiger partial charge in [0, 0.05) is 5.92 Å². The van der Waals surface area contributed by atoms with E-state index in [0.717, 1.165) is 0 Å². The summed E-state index contributed by atoms with van der Waals surface area (Å²) in [6, 6.07) is 0. The molecule has 0 fully saturated rings. The summed E-state index contributed by atoms with van der Waals surface area (Å²) in [5.41, 5.74) is 0. The van der Waals surface area contributed by atoms with E-state index in [0.29, 0.717) is 0 Å². The second kappa shape index (κ2) is 7.14. The van der Waals surface area contributed by atoms with Crippen LogP contribution in [0.25, 0.3) is 0 Å². The first-order valence-electron chi connectivity index (χ1n) is 6.09. The molecule has 0 atom stereocenters. The van der Waals surface area contributed by atoms with Crippen LogP contribution in [-0.2, 0) is 0 Å². The molecule has 0 aliphatic rings. The molecule has 1 radical (unpaired) electrons. The van der Waals surface area contributed by atoms with Gasteiger partial charge < -0.3 is 0 Å². The highest BCUT2D eigenvalue weighted by Gasteiger charge is 2.95. The topological polar surface area (TPSA) is 0 Å². The van der Waals surface area contributed by atoms with Crippen molar-refractivity contribution >= 4 is 0 Å². The molecule has 0 aliphatic heterocycles. The maximum absolute atomic E-state index is 13.2. The van der Waals surface area contributed by atoms with Crippen LogP contribution in [-0.4, -0.2) is 47.4 Å². The SMILES string of the molecule is FC#CC(F)(F)C(F)(F)C(F)(F)C(F)(F)C(F)(F)C(F)(F)C(F)(F)C(F)(F)[C](F)F. The minimum Gasteiger partial charge on any atom is -0.192 e. The van der Waals surface area contributed by atoms with E-state index in [1.54, 1.807) is 0 Å². The van der Waals surface area contributed by atoms with Gasteiger partial charge in [-0.2, -0.15) is 79.0 Å². The Balaban J connectivity index is 6.85. The molecule has 0 saturated heterocycles. The van der Waals surface area contributed by atoms with E-state index in [2.05, 4.69) is 0 Å². The van der Waals surface area contributed by atoms with E-state index < -0.39 is 65.9 Å². The highest BCUT2D eigenvalue weighted by Crippen LogP contribution is 2.64. The fourth-order valence-corrected chi connectivity index (χ4v) is 1.44. The van der Waals surface area contributed by atoms with Crippen molar-refractivity contribution in [2.45, 2.75) is 47.4 Å². The van der Waals surface area contributed by atoms with Crippen molar-refractivity contribution in [3.8, 4) is 12.1 Å². The molecule has 0 unspecified atom stereocenters. The van der Waals surface area contributed by atoms with Gasteiger partial charge in [-0.1, -0.05) is 0 Å². The Hall–Kier alpha value is -1.77. The first-order chi connectivity index (χ1) is 12.8. The molecule has 0 bridgehead atoms. The van der Waals surface area contributed by atoms with Crippen molar-refractivity contribution in [3.05, 3.63) is 6.43 Å². The molecule has 0 spiro atoms. The summed E-state index contributed by atoms with van der Waals surface area (Å²) < 4.78 is 241. The van der Waals surface area contributed by atoms with Gasteiger partial charge in [0.15, 0.2) is 0 Å². The zero-order chi connectivity index (χ0) is 25.0. The van der Waals surface area contributed by atoms with Gasteiger partial charge in [-0.05, 0) is 0 Å². The molecule has 0 aromatic heterocycles. The summed E-state index contributed by atoms with van der Waals surface area (Å²) in [6.45, 7) is 0. The van der Waals surface area contributed by atoms with Gasteiger partial charge in [-0.3, -0.25) is 0 Å². The number of hydrogen-bond donors (Lipinski definition) is 0. The molecule has 0 aromatic carbocycles. The van der Waals surface area contributed by atoms with E-state index in [1.165, 1.54) is 0 Å². The number of alkyl halides is 16. The smallest absolute Gasteiger partial charge is 0.192 e. The van der Waals surface area contributed by atoms with Crippen molar-refractivity contribution in [2.24, 2.45) is 0 Å². The van der Waals surface area contributed by atoms with Gasteiger partial charge in [-0.15, -0.1) is 4.39 Å². The maximum atomic E-state index is 13.2. The minimum atomic E-state index is -8.82. The van der Waals surface area contributed by atoms with Gasteiger partial charge in [0.05, 0.1) is 0 Å². The first kappa shape index (κ1) is 28.2. The Kier molecular flexibility index (Phi) is 6.72. The van der Waals surface area contributed by atoms with Crippen LogP contribution in [0.2, 0.25) is 0 Å². The van der Waals surface area contributed by atoms with E-state index in [-0.39, 0.29) is 0 Å². The van der Waals surface area contributed by atoms with Gasteiger partial charge in [0.25, 0.3) is 0 Å². The Bertz CT molecular complexity index is 689. The minimum absolute atomic E-state index is 0.736. The van der Waals surface area contributed by atoms with Crippen LogP contribution in [0, 0.1) is 18.5 Å². The van der Waals surface area contributed by atoms with Crippen LogP contribution in [0.4, 0.5) is 83.4 Å². The molecule has 0 amide bonds. The predicted octanol–water partition coefficient (Wildman–Crippen LogP) is 6.43. The Morgan fingerprint density at radius 3 is 0.967 bits per heavy atom. The summed E-state index contributed by atoms with van der Waals surface area (Å²) in [7, 11) is 0. The lowest BCUT2D eigenvalue weighted by molar-refractivity contribution is -0.451. The largest absolute Gasteiger partial charge is 0.390 e. The molecule has 0 aromatic rings. The highest BCUT2D eigenvalue weighted by atomic mass is 19.4. The molecule has 0 rings (SSSR count). The average molecular weight is 493 g/mol. The van der Waals surface area contributed by atoms with Gasteiger partial charge in [0.1, 0.15) is 6.17 Å². The second-order valence-corrected chi connectivity index (χ2v) is 5.08. The number of halogens is 19. The molecule has 0 nitrogen and oxygen atoms in total. The monoisotopic (exact) mass is 493 g/mol. The molecule has 30 heavy (non-hydrogen) atoms. The van der Waals surface area contributed by atoms with Crippen LogP contribution in [0.15, 0.2) is 0 Å². The van der Waals surface area contributed by atoms with Crippen molar-refractivity contribution in [1.82, 2.24) is 0 Å². The average Bonchev–Trinajstić information content (AvgIpc) is 2.53. The van der Waals surface area contributed by atoms with E-state index in [1.807, 2.05) is 0 Å². The van der Waals surface area contributed by atoms with Crippen LogP contribution < -0.4 is 0 Å². The molecule has 177 valence electrons. The lowest BCUT2D eigenvalue weighted by Crippen LogP contribution is -2.74. The normalized spacial score (nSPS) is 15.9. The summed E-state index contributed by atoms with van der Waals surface area (Å²) >= 11 is 0. The zero-order valence-electron chi connectivity index (χ0n) is 12.7. The second-order valence-electron chi connectivity index (χ2n) is 5.08. The first-order valence-corrected chi connectivity index (χ1v) is 6.09. The fourth-order valence-electron chi connectivity index (χ4n) is 1.44. The third kappa shape index (κ3) is 3.29. The molecular weight excluding hydrogens is 493 g/mol. The van der Waals surface area contributed by atoms with Gasteiger partial charge in [-0.25, -0.2) is 0 Å². The Morgan fingerprint density at radius 2 is 0.700 bits per heavy atom. The summed E-state index contributed by atoms with van der Waals surface area (Å²) in [4.78, 5) is 0. The molecular formula is C11F19. The van der Waals surface area contributed by atoms with Gasteiger partial charge in [0.2, 0.25) is 0 Å². The fraction of sp³-hybridized carbons (Fsp3) is 0.727. The summed E-state index contributed by atoms with van der Waals surface area (Å²) in [5, 5.41) is 0. The van der Waals surface area contributed by atoms with Crippen LogP contribution in [0.1, 0.15) is 0 Å². The van der Waals surface area contributed by atoms with Crippen molar-refractivity contribution in [2.75, 3.05) is 0 Å². The third-order valence-electron chi connectivity index (χ3n) is 3.20. The Labute approximate surface area is 151 Å². The number of hydrogen-bond acceptors (Lipinski definition) is 0. The zero-order valence-corrected chi connectivity index (χ0v) is 12.7. The predicted molar refractivity (Wildman–Crippen MR) is 53.9 cm³/mol. The van der Waals surface area contributed by atoms with Crippen molar-refractivity contribution in [1.29, 1.82) is 0 Å². The quantitative estimate of drug-likeness (QED) is 0.270. The highest BCUT2D eigenvalue weighted by molar-refractivity contribution is 5.21. The van der Waals surface area contributed by atoms with Gasteiger partial charge >= 0.3 is 53.8 Å². The van der Waals surface area contributed by atoms with Crippen molar-refractivity contribution in [3.63, 3.8) is 0 Å². The number of rotatable bonds is 8. The maximum Gasteiger partial charge on any atom is 0.390 e.